The topological polar surface area (TPSA) is 96.0 Å². The Kier molecular flexibility index (Phi) is 10.2. The van der Waals surface area contributed by atoms with Gasteiger partial charge < -0.3 is 15.0 Å². The predicted molar refractivity (Wildman–Crippen MR) is 152 cm³/mol. The highest BCUT2D eigenvalue weighted by atomic mass is 79.9. The molecule has 1 atom stereocenters. The Morgan fingerprint density at radius 1 is 1.03 bits per heavy atom. The van der Waals surface area contributed by atoms with E-state index in [1.807, 2.05) is 24.3 Å². The van der Waals surface area contributed by atoms with Gasteiger partial charge in [-0.2, -0.15) is 0 Å². The van der Waals surface area contributed by atoms with Gasteiger partial charge >= 0.3 is 0 Å². The molecule has 0 spiro atoms. The van der Waals surface area contributed by atoms with E-state index in [0.717, 1.165) is 14.3 Å². The van der Waals surface area contributed by atoms with Crippen molar-refractivity contribution >= 4 is 55.1 Å². The second-order valence-electron chi connectivity index (χ2n) is 8.30. The zero-order valence-electron chi connectivity index (χ0n) is 21.2. The molecule has 0 heterocycles. The van der Waals surface area contributed by atoms with Gasteiger partial charge in [0.15, 0.2) is 0 Å². The first-order valence-electron chi connectivity index (χ1n) is 11.8. The Bertz CT molecular complexity index is 1370. The van der Waals surface area contributed by atoms with Gasteiger partial charge in [-0.05, 0) is 67.9 Å². The Morgan fingerprint density at radius 3 is 2.26 bits per heavy atom. The molecule has 3 rings (SSSR count). The van der Waals surface area contributed by atoms with E-state index >= 15 is 0 Å². The summed E-state index contributed by atoms with van der Waals surface area (Å²) in [5.41, 5.74) is 0.980. The van der Waals surface area contributed by atoms with E-state index in [1.54, 1.807) is 38.1 Å². The van der Waals surface area contributed by atoms with Gasteiger partial charge in [0.1, 0.15) is 18.3 Å². The van der Waals surface area contributed by atoms with Crippen molar-refractivity contribution in [2.45, 2.75) is 31.3 Å². The third-order valence-electron chi connectivity index (χ3n) is 5.79. The smallest absolute Gasteiger partial charge is 0.264 e. The second-order valence-corrected chi connectivity index (χ2v) is 11.5. The summed E-state index contributed by atoms with van der Waals surface area (Å²) in [6, 6.07) is 18.8. The number of benzene rings is 3. The van der Waals surface area contributed by atoms with E-state index < -0.39 is 28.5 Å². The average molecular weight is 623 g/mol. The maximum atomic E-state index is 13.9. The molecule has 0 radical (unpaired) electrons. The molecule has 2 amide bonds. The van der Waals surface area contributed by atoms with Gasteiger partial charge in [0.2, 0.25) is 11.8 Å². The summed E-state index contributed by atoms with van der Waals surface area (Å²) in [6.45, 7) is 3.21. The quantitative estimate of drug-likeness (QED) is 0.330. The number of hydrogen-bond donors (Lipinski definition) is 1. The highest BCUT2D eigenvalue weighted by Gasteiger charge is 2.33. The van der Waals surface area contributed by atoms with Crippen LogP contribution >= 0.6 is 27.5 Å². The van der Waals surface area contributed by atoms with E-state index in [0.29, 0.717) is 17.4 Å². The average Bonchev–Trinajstić information content (AvgIpc) is 2.91. The third kappa shape index (κ3) is 7.06. The number of hydrogen-bond acceptors (Lipinski definition) is 5. The minimum absolute atomic E-state index is 0.0418. The molecule has 8 nitrogen and oxygen atoms in total. The summed E-state index contributed by atoms with van der Waals surface area (Å²) in [5, 5.41) is 2.94. The first-order chi connectivity index (χ1) is 18.1. The first-order valence-corrected chi connectivity index (χ1v) is 14.4. The highest BCUT2D eigenvalue weighted by Crippen LogP contribution is 2.33. The number of carbonyl (C=O) groups is 2. The fourth-order valence-electron chi connectivity index (χ4n) is 3.77. The fourth-order valence-corrected chi connectivity index (χ4v) is 5.58. The number of nitrogens with zero attached hydrogens (tertiary/aromatic N) is 2. The predicted octanol–water partition coefficient (Wildman–Crippen LogP) is 4.86. The summed E-state index contributed by atoms with van der Waals surface area (Å²) in [6.07, 6.45) is 0. The van der Waals surface area contributed by atoms with Crippen LogP contribution in [0.2, 0.25) is 5.02 Å². The molecule has 3 aromatic carbocycles. The van der Waals surface area contributed by atoms with Gasteiger partial charge in [-0.1, -0.05) is 51.8 Å². The van der Waals surface area contributed by atoms with Gasteiger partial charge in [0.05, 0.1) is 17.2 Å². The van der Waals surface area contributed by atoms with E-state index in [1.165, 1.54) is 36.2 Å². The molecule has 38 heavy (non-hydrogen) atoms. The van der Waals surface area contributed by atoms with E-state index in [4.69, 9.17) is 16.3 Å². The van der Waals surface area contributed by atoms with Gasteiger partial charge in [-0.25, -0.2) is 8.42 Å². The highest BCUT2D eigenvalue weighted by molar-refractivity contribution is 9.10. The summed E-state index contributed by atoms with van der Waals surface area (Å²) < 4.78 is 35.3. The number of anilines is 1. The number of para-hydroxylation sites is 2. The van der Waals surface area contributed by atoms with Crippen molar-refractivity contribution in [2.24, 2.45) is 0 Å². The van der Waals surface area contributed by atoms with Crippen molar-refractivity contribution in [3.8, 4) is 5.75 Å². The summed E-state index contributed by atoms with van der Waals surface area (Å²) in [5.74, 6) is -0.635. The van der Waals surface area contributed by atoms with Crippen molar-refractivity contribution in [2.75, 3.05) is 24.5 Å². The fraction of sp³-hybridized carbons (Fsp3) is 0.259. The van der Waals surface area contributed by atoms with E-state index in [-0.39, 0.29) is 23.0 Å². The van der Waals surface area contributed by atoms with E-state index in [2.05, 4.69) is 21.2 Å². The molecular formula is C27H29BrClN3O5S. The van der Waals surface area contributed by atoms with Crippen molar-refractivity contribution in [1.82, 2.24) is 10.2 Å². The molecule has 1 N–H and O–H groups in total. The van der Waals surface area contributed by atoms with Crippen LogP contribution in [0.4, 0.5) is 5.69 Å². The first kappa shape index (κ1) is 29.5. The molecule has 0 aromatic heterocycles. The normalized spacial score (nSPS) is 11.9. The molecule has 3 aromatic rings. The molecule has 0 fully saturated rings. The second kappa shape index (κ2) is 13.1. The third-order valence-corrected chi connectivity index (χ3v) is 8.35. The lowest BCUT2D eigenvalue weighted by Gasteiger charge is -2.32. The lowest BCUT2D eigenvalue weighted by atomic mass is 10.1. The maximum absolute atomic E-state index is 13.9. The zero-order valence-corrected chi connectivity index (χ0v) is 24.4. The SMILES string of the molecule is CCOc1ccccc1N(CC(=O)N(Cc1ccc(Br)cc1)[C@@H](C)C(=O)NC)S(=O)(=O)c1ccc(Cl)cc1. The van der Waals surface area contributed by atoms with Crippen molar-refractivity contribution < 1.29 is 22.7 Å². The number of carbonyl (C=O) groups excluding carboxylic acids is 2. The lowest BCUT2D eigenvalue weighted by Crippen LogP contribution is -2.50. The minimum Gasteiger partial charge on any atom is -0.492 e. The number of halogens is 2. The van der Waals surface area contributed by atoms with Gasteiger partial charge in [-0.3, -0.25) is 13.9 Å². The number of sulfonamides is 1. The largest absolute Gasteiger partial charge is 0.492 e. The molecule has 0 bridgehead atoms. The monoisotopic (exact) mass is 621 g/mol. The summed E-state index contributed by atoms with van der Waals surface area (Å²) in [7, 11) is -2.75. The Morgan fingerprint density at radius 2 is 1.66 bits per heavy atom. The van der Waals surface area contributed by atoms with Crippen LogP contribution in [0.25, 0.3) is 0 Å². The van der Waals surface area contributed by atoms with Crippen LogP contribution in [0.5, 0.6) is 5.75 Å². The van der Waals surface area contributed by atoms with Crippen molar-refractivity contribution in [3.05, 3.63) is 87.9 Å². The Labute approximate surface area is 236 Å². The van der Waals surface area contributed by atoms with Crippen LogP contribution in [0.1, 0.15) is 19.4 Å². The van der Waals surface area contributed by atoms with Gasteiger partial charge in [0, 0.05) is 23.1 Å². The van der Waals surface area contributed by atoms with Crippen LogP contribution in [-0.4, -0.2) is 51.4 Å². The summed E-state index contributed by atoms with van der Waals surface area (Å²) in [4.78, 5) is 27.7. The molecule has 11 heteroatoms. The minimum atomic E-state index is -4.23. The lowest BCUT2D eigenvalue weighted by molar-refractivity contribution is -0.139. The number of rotatable bonds is 11. The van der Waals surface area contributed by atoms with Crippen molar-refractivity contribution in [1.29, 1.82) is 0 Å². The number of nitrogens with one attached hydrogen (secondary N) is 1. The van der Waals surface area contributed by atoms with Crippen LogP contribution in [0, 0.1) is 0 Å². The van der Waals surface area contributed by atoms with Crippen LogP contribution in [-0.2, 0) is 26.2 Å². The zero-order chi connectivity index (χ0) is 27.9. The van der Waals surface area contributed by atoms with Crippen LogP contribution < -0.4 is 14.4 Å². The molecule has 0 saturated heterocycles. The Balaban J connectivity index is 2.08. The van der Waals surface area contributed by atoms with Gasteiger partial charge in [-0.15, -0.1) is 0 Å². The van der Waals surface area contributed by atoms with Gasteiger partial charge in [0.25, 0.3) is 10.0 Å². The van der Waals surface area contributed by atoms with E-state index in [9.17, 15) is 18.0 Å². The molecule has 202 valence electrons. The Hall–Kier alpha value is -3.08. The van der Waals surface area contributed by atoms with Crippen molar-refractivity contribution in [3.63, 3.8) is 0 Å². The number of amides is 2. The molecule has 0 aliphatic heterocycles. The number of likely N-dealkylation sites (N-methyl/N-ethyl adjacent to an activating group) is 1. The molecule has 0 aliphatic rings. The van der Waals surface area contributed by atoms with Crippen LogP contribution in [0.3, 0.4) is 0 Å². The molecule has 0 saturated carbocycles. The molecule has 0 aliphatic carbocycles. The molecular weight excluding hydrogens is 594 g/mol. The standard InChI is InChI=1S/C27H29BrClN3O5S/c1-4-37-25-8-6-5-7-24(25)32(38(35,36)23-15-13-22(29)14-16-23)18-26(33)31(19(2)27(34)30-3)17-20-9-11-21(28)12-10-20/h5-16,19H,4,17-18H2,1-3H3,(H,30,34)/t19-/m0/s1. The number of ether oxygens (including phenoxy) is 1. The van der Waals surface area contributed by atoms with Crippen LogP contribution in [0.15, 0.2) is 82.2 Å². The molecule has 0 unspecified atom stereocenters. The maximum Gasteiger partial charge on any atom is 0.264 e. The summed E-state index contributed by atoms with van der Waals surface area (Å²) >= 11 is 9.38.